The van der Waals surface area contributed by atoms with E-state index in [-0.39, 0.29) is 0 Å². The molecule has 0 heterocycles. The molecule has 1 saturated carbocycles. The molecule has 1 aromatic carbocycles. The third kappa shape index (κ3) is 2.46. The number of hydrogen-bond acceptors (Lipinski definition) is 1. The molecule has 0 spiro atoms. The predicted molar refractivity (Wildman–Crippen MR) is 69.3 cm³/mol. The van der Waals surface area contributed by atoms with Crippen molar-refractivity contribution in [2.45, 2.75) is 52.0 Å². The van der Waals surface area contributed by atoms with Gasteiger partial charge in [-0.05, 0) is 48.1 Å². The number of rotatable bonds is 2. The van der Waals surface area contributed by atoms with Crippen LogP contribution >= 0.6 is 0 Å². The monoisotopic (exact) mass is 217 g/mol. The number of benzene rings is 1. The third-order valence-corrected chi connectivity index (χ3v) is 4.05. The minimum atomic E-state index is 0.550. The highest BCUT2D eigenvalue weighted by molar-refractivity contribution is 5.30. The quantitative estimate of drug-likeness (QED) is 0.800. The molecule has 0 aromatic heterocycles. The van der Waals surface area contributed by atoms with Gasteiger partial charge in [-0.2, -0.15) is 0 Å². The maximum absolute atomic E-state index is 5.81. The van der Waals surface area contributed by atoms with E-state index in [1.54, 1.807) is 0 Å². The summed E-state index contributed by atoms with van der Waals surface area (Å²) in [4.78, 5) is 0. The third-order valence-electron chi connectivity index (χ3n) is 4.05. The zero-order valence-electron chi connectivity index (χ0n) is 10.5. The summed E-state index contributed by atoms with van der Waals surface area (Å²) in [5.74, 6) is 0.743. The summed E-state index contributed by atoms with van der Waals surface area (Å²) in [5, 5.41) is 0. The molecule has 0 amide bonds. The summed E-state index contributed by atoms with van der Waals surface area (Å²) in [6, 6.07) is 8.69. The molecular formula is C15H23N. The molecule has 0 unspecified atom stereocenters. The average Bonchev–Trinajstić information content (AvgIpc) is 2.29. The largest absolute Gasteiger partial charge is 0.326 e. The van der Waals surface area contributed by atoms with Gasteiger partial charge in [0.15, 0.2) is 0 Å². The van der Waals surface area contributed by atoms with Crippen LogP contribution in [0.15, 0.2) is 24.3 Å². The van der Waals surface area contributed by atoms with Crippen LogP contribution in [0.5, 0.6) is 0 Å². The molecular weight excluding hydrogens is 194 g/mol. The van der Waals surface area contributed by atoms with Gasteiger partial charge in [0.25, 0.3) is 0 Å². The fourth-order valence-electron chi connectivity index (χ4n) is 2.83. The lowest BCUT2D eigenvalue weighted by Crippen LogP contribution is -2.21. The zero-order chi connectivity index (χ0) is 11.6. The van der Waals surface area contributed by atoms with Crippen molar-refractivity contribution < 1.29 is 0 Å². The van der Waals surface area contributed by atoms with Crippen LogP contribution in [0.4, 0.5) is 0 Å². The van der Waals surface area contributed by atoms with E-state index in [0.717, 1.165) is 5.92 Å². The first-order valence-electron chi connectivity index (χ1n) is 6.40. The maximum atomic E-state index is 5.81. The second kappa shape index (κ2) is 4.58. The Kier molecular flexibility index (Phi) is 3.34. The van der Waals surface area contributed by atoms with Crippen LogP contribution in [0.25, 0.3) is 0 Å². The fraction of sp³-hybridized carbons (Fsp3) is 0.600. The van der Waals surface area contributed by atoms with Crippen molar-refractivity contribution in [3.8, 4) is 0 Å². The Morgan fingerprint density at radius 1 is 1.19 bits per heavy atom. The van der Waals surface area contributed by atoms with Crippen LogP contribution < -0.4 is 5.73 Å². The summed E-state index contributed by atoms with van der Waals surface area (Å²) in [6.07, 6.45) is 5.33. The molecule has 0 bridgehead atoms. The van der Waals surface area contributed by atoms with E-state index in [4.69, 9.17) is 5.73 Å². The van der Waals surface area contributed by atoms with Crippen LogP contribution in [-0.4, -0.2) is 0 Å². The van der Waals surface area contributed by atoms with Crippen molar-refractivity contribution in [1.82, 2.24) is 0 Å². The van der Waals surface area contributed by atoms with E-state index >= 15 is 0 Å². The Morgan fingerprint density at radius 2 is 1.81 bits per heavy atom. The van der Waals surface area contributed by atoms with Crippen molar-refractivity contribution in [2.75, 3.05) is 0 Å². The van der Waals surface area contributed by atoms with Crippen molar-refractivity contribution in [3.05, 3.63) is 35.4 Å². The van der Waals surface area contributed by atoms with Crippen molar-refractivity contribution >= 4 is 0 Å². The molecule has 0 radical (unpaired) electrons. The van der Waals surface area contributed by atoms with Crippen molar-refractivity contribution in [2.24, 2.45) is 11.1 Å². The smallest absolute Gasteiger partial charge is 0.0180 e. The Balaban J connectivity index is 2.14. The lowest BCUT2D eigenvalue weighted by molar-refractivity contribution is 0.224. The van der Waals surface area contributed by atoms with Gasteiger partial charge in [0.05, 0.1) is 0 Å². The summed E-state index contributed by atoms with van der Waals surface area (Å²) < 4.78 is 0. The van der Waals surface area contributed by atoms with E-state index in [1.807, 2.05) is 0 Å². The first kappa shape index (κ1) is 11.7. The highest BCUT2D eigenvalue weighted by Crippen LogP contribution is 2.42. The standard InChI is InChI=1S/C15H23N/c1-15(2)9-7-12(8-10-15)14-6-4-3-5-13(14)11-16/h3-6,12H,7-11,16H2,1-2H3. The van der Waals surface area contributed by atoms with E-state index in [2.05, 4.69) is 38.1 Å². The van der Waals surface area contributed by atoms with Gasteiger partial charge in [-0.1, -0.05) is 38.1 Å². The topological polar surface area (TPSA) is 26.0 Å². The average molecular weight is 217 g/mol. The van der Waals surface area contributed by atoms with Crippen LogP contribution in [-0.2, 0) is 6.54 Å². The molecule has 16 heavy (non-hydrogen) atoms. The Morgan fingerprint density at radius 3 is 2.44 bits per heavy atom. The second-order valence-corrected chi connectivity index (χ2v) is 5.84. The van der Waals surface area contributed by atoms with Gasteiger partial charge < -0.3 is 5.73 Å². The Labute approximate surface area is 99.0 Å². The normalized spacial score (nSPS) is 20.9. The first-order valence-corrected chi connectivity index (χ1v) is 6.40. The summed E-state index contributed by atoms with van der Waals surface area (Å²) in [5.41, 5.74) is 9.20. The maximum Gasteiger partial charge on any atom is 0.0180 e. The lowest BCUT2D eigenvalue weighted by Gasteiger charge is -2.35. The van der Waals surface area contributed by atoms with E-state index in [0.29, 0.717) is 12.0 Å². The minimum Gasteiger partial charge on any atom is -0.326 e. The van der Waals surface area contributed by atoms with Crippen molar-refractivity contribution in [1.29, 1.82) is 0 Å². The van der Waals surface area contributed by atoms with Gasteiger partial charge in [-0.25, -0.2) is 0 Å². The molecule has 1 nitrogen and oxygen atoms in total. The summed E-state index contributed by atoms with van der Waals surface area (Å²) in [7, 11) is 0. The van der Waals surface area contributed by atoms with Crippen molar-refractivity contribution in [3.63, 3.8) is 0 Å². The molecule has 1 heteroatoms. The van der Waals surface area contributed by atoms with Crippen LogP contribution in [0.3, 0.4) is 0 Å². The molecule has 0 atom stereocenters. The van der Waals surface area contributed by atoms with Crippen LogP contribution in [0.1, 0.15) is 56.6 Å². The first-order chi connectivity index (χ1) is 7.62. The van der Waals surface area contributed by atoms with E-state index < -0.39 is 0 Å². The second-order valence-electron chi connectivity index (χ2n) is 5.84. The Hall–Kier alpha value is -0.820. The molecule has 0 aliphatic heterocycles. The number of nitrogens with two attached hydrogens (primary N) is 1. The molecule has 1 aliphatic carbocycles. The van der Waals surface area contributed by atoms with Gasteiger partial charge in [0.1, 0.15) is 0 Å². The van der Waals surface area contributed by atoms with Gasteiger partial charge in [0, 0.05) is 6.54 Å². The highest BCUT2D eigenvalue weighted by atomic mass is 14.5. The summed E-state index contributed by atoms with van der Waals surface area (Å²) in [6.45, 7) is 5.45. The molecule has 2 rings (SSSR count). The van der Waals surface area contributed by atoms with E-state index in [9.17, 15) is 0 Å². The number of hydrogen-bond donors (Lipinski definition) is 1. The zero-order valence-corrected chi connectivity index (χ0v) is 10.5. The van der Waals surface area contributed by atoms with E-state index in [1.165, 1.54) is 36.8 Å². The van der Waals surface area contributed by atoms with Gasteiger partial charge >= 0.3 is 0 Å². The molecule has 88 valence electrons. The fourth-order valence-corrected chi connectivity index (χ4v) is 2.83. The molecule has 1 fully saturated rings. The van der Waals surface area contributed by atoms with Gasteiger partial charge in [-0.15, -0.1) is 0 Å². The molecule has 2 N–H and O–H groups in total. The molecule has 1 aromatic rings. The molecule has 1 aliphatic rings. The van der Waals surface area contributed by atoms with Gasteiger partial charge in [-0.3, -0.25) is 0 Å². The lowest BCUT2D eigenvalue weighted by atomic mass is 9.70. The minimum absolute atomic E-state index is 0.550. The van der Waals surface area contributed by atoms with Crippen LogP contribution in [0, 0.1) is 5.41 Å². The molecule has 0 saturated heterocycles. The van der Waals surface area contributed by atoms with Gasteiger partial charge in [0.2, 0.25) is 0 Å². The SMILES string of the molecule is CC1(C)CCC(c2ccccc2CN)CC1. The highest BCUT2D eigenvalue weighted by Gasteiger charge is 2.28. The Bertz CT molecular complexity index is 344. The summed E-state index contributed by atoms with van der Waals surface area (Å²) >= 11 is 0. The predicted octanol–water partition coefficient (Wildman–Crippen LogP) is 3.83. The van der Waals surface area contributed by atoms with Crippen LogP contribution in [0.2, 0.25) is 0 Å².